The Morgan fingerprint density at radius 2 is 2.21 bits per heavy atom. The van der Waals surface area contributed by atoms with Gasteiger partial charge in [0.15, 0.2) is 5.11 Å². The van der Waals surface area contributed by atoms with Crippen LogP contribution in [-0.4, -0.2) is 12.3 Å². The molecule has 2 atom stereocenters. The summed E-state index contributed by atoms with van der Waals surface area (Å²) in [4.78, 5) is 12.9. The Bertz CT molecular complexity index is 204. The highest BCUT2D eigenvalue weighted by Crippen LogP contribution is 2.22. The lowest BCUT2D eigenvalue weighted by molar-refractivity contribution is -0.296. The van der Waals surface area contributed by atoms with Crippen LogP contribution in [-0.2, 0) is 9.78 Å². The van der Waals surface area contributed by atoms with Crippen LogP contribution < -0.4 is 4.91 Å². The Labute approximate surface area is 83.9 Å². The molecule has 0 spiro atoms. The minimum absolute atomic E-state index is 0.141. The van der Waals surface area contributed by atoms with Crippen LogP contribution in [0.5, 0.6) is 0 Å². The van der Waals surface area contributed by atoms with Gasteiger partial charge < -0.3 is 0 Å². The van der Waals surface area contributed by atoms with Crippen molar-refractivity contribution in [2.45, 2.75) is 57.8 Å². The molecule has 1 N–H and O–H groups in total. The van der Waals surface area contributed by atoms with Crippen molar-refractivity contribution in [3.05, 3.63) is 0 Å². The lowest BCUT2D eigenvalue weighted by Gasteiger charge is -2.04. The molecule has 1 aliphatic heterocycles. The summed E-state index contributed by atoms with van der Waals surface area (Å²) in [5.74, 6) is 0. The molecule has 0 saturated carbocycles. The molecule has 1 fully saturated rings. The predicted molar refractivity (Wildman–Crippen MR) is 50.4 cm³/mol. The van der Waals surface area contributed by atoms with Crippen molar-refractivity contribution in [1.29, 1.82) is 5.53 Å². The van der Waals surface area contributed by atoms with Crippen molar-refractivity contribution in [3.63, 3.8) is 0 Å². The van der Waals surface area contributed by atoms with Crippen molar-refractivity contribution in [2.24, 2.45) is 5.11 Å². The highest BCUT2D eigenvalue weighted by Gasteiger charge is 2.30. The molecule has 0 aromatic heterocycles. The molecule has 0 amide bonds. The molecule has 0 aliphatic carbocycles. The number of nitrogens with zero attached hydrogens (tertiary/aromatic N) is 2. The normalized spacial score (nSPS) is 26.1. The predicted octanol–water partition coefficient (Wildman–Crippen LogP) is 2.55. The number of hydrogen-bond donors (Lipinski definition) is 1. The fourth-order valence-electron chi connectivity index (χ4n) is 1.54. The van der Waals surface area contributed by atoms with Gasteiger partial charge in [0.25, 0.3) is 6.23 Å². The maximum Gasteiger partial charge on any atom is 0.267 e. The number of hydrogen-bond acceptors (Lipinski definition) is 4. The van der Waals surface area contributed by atoms with E-state index in [0.29, 0.717) is 0 Å². The number of rotatable bonds is 6. The average molecular weight is 200 g/mol. The standard InChI is InChI=1S/C9H18N3O2/c1-2-3-4-5-6-8-7-9(11-12-10)14-13-8/h8-10H,2-7H2,1H3/q+1. The van der Waals surface area contributed by atoms with Crippen LogP contribution in [0.1, 0.15) is 45.4 Å². The summed E-state index contributed by atoms with van der Waals surface area (Å²) in [6, 6.07) is 0. The monoisotopic (exact) mass is 200 g/mol. The first-order chi connectivity index (χ1) is 6.86. The topological polar surface area (TPSA) is 68.8 Å². The van der Waals surface area contributed by atoms with Crippen molar-refractivity contribution in [2.75, 3.05) is 0 Å². The SMILES string of the molecule is CCCCCCC1CC(N=[N+]=N)OO1. The summed E-state index contributed by atoms with van der Waals surface area (Å²) in [7, 11) is 0. The van der Waals surface area contributed by atoms with Gasteiger partial charge in [-0.1, -0.05) is 32.6 Å². The molecule has 0 aromatic carbocycles. The first-order valence-electron chi connectivity index (χ1n) is 5.25. The largest absolute Gasteiger partial charge is 0.267 e. The van der Waals surface area contributed by atoms with E-state index < -0.39 is 0 Å². The van der Waals surface area contributed by atoms with Crippen molar-refractivity contribution in [1.82, 2.24) is 4.91 Å². The fourth-order valence-corrected chi connectivity index (χ4v) is 1.54. The molecule has 2 unspecified atom stereocenters. The quantitative estimate of drug-likeness (QED) is 0.310. The first-order valence-corrected chi connectivity index (χ1v) is 5.25. The summed E-state index contributed by atoms with van der Waals surface area (Å²) in [5.41, 5.74) is 6.55. The molecule has 0 radical (unpaired) electrons. The Kier molecular flexibility index (Phi) is 5.37. The fraction of sp³-hybridized carbons (Fsp3) is 1.00. The van der Waals surface area contributed by atoms with Crippen molar-refractivity contribution < 1.29 is 9.78 Å². The summed E-state index contributed by atoms with van der Waals surface area (Å²) >= 11 is 0. The highest BCUT2D eigenvalue weighted by molar-refractivity contribution is 4.66. The van der Waals surface area contributed by atoms with Crippen LogP contribution in [0.3, 0.4) is 0 Å². The second-order valence-electron chi connectivity index (χ2n) is 3.57. The Morgan fingerprint density at radius 1 is 1.36 bits per heavy atom. The molecule has 1 aliphatic rings. The lowest BCUT2D eigenvalue weighted by Crippen LogP contribution is -2.05. The van der Waals surface area contributed by atoms with Gasteiger partial charge in [-0.15, -0.1) is 0 Å². The number of nitrogens with one attached hydrogen (secondary N) is 1. The first kappa shape index (κ1) is 11.3. The van der Waals surface area contributed by atoms with Gasteiger partial charge in [0.1, 0.15) is 5.53 Å². The number of unbranched alkanes of at least 4 members (excludes halogenated alkanes) is 3. The zero-order valence-electron chi connectivity index (χ0n) is 8.61. The van der Waals surface area contributed by atoms with E-state index in [-0.39, 0.29) is 12.3 Å². The van der Waals surface area contributed by atoms with E-state index >= 15 is 0 Å². The van der Waals surface area contributed by atoms with Gasteiger partial charge in [0.05, 0.1) is 6.10 Å². The third-order valence-electron chi connectivity index (χ3n) is 2.33. The molecule has 1 rings (SSSR count). The average Bonchev–Trinajstić information content (AvgIpc) is 2.61. The Balaban J connectivity index is 2.07. The van der Waals surface area contributed by atoms with E-state index in [1.165, 1.54) is 25.7 Å². The zero-order chi connectivity index (χ0) is 10.2. The Morgan fingerprint density at radius 3 is 2.93 bits per heavy atom. The van der Waals surface area contributed by atoms with Crippen molar-refractivity contribution in [3.8, 4) is 0 Å². The van der Waals surface area contributed by atoms with Gasteiger partial charge in [-0.2, -0.15) is 0 Å². The zero-order valence-corrected chi connectivity index (χ0v) is 8.61. The van der Waals surface area contributed by atoms with E-state index in [2.05, 4.69) is 16.9 Å². The molecular formula is C9H18N3O2+. The second kappa shape index (κ2) is 6.65. The molecule has 5 nitrogen and oxygen atoms in total. The van der Waals surface area contributed by atoms with Gasteiger partial charge in [0, 0.05) is 6.42 Å². The van der Waals surface area contributed by atoms with Crippen LogP contribution >= 0.6 is 0 Å². The molecule has 0 bridgehead atoms. The second-order valence-corrected chi connectivity index (χ2v) is 3.57. The molecule has 0 aromatic rings. The van der Waals surface area contributed by atoms with Crippen LogP contribution in [0, 0.1) is 5.53 Å². The van der Waals surface area contributed by atoms with E-state index in [0.717, 1.165) is 12.8 Å². The molecule has 1 heterocycles. The molecule has 80 valence electrons. The van der Waals surface area contributed by atoms with Crippen LogP contribution in [0.4, 0.5) is 0 Å². The van der Waals surface area contributed by atoms with E-state index in [4.69, 9.17) is 15.3 Å². The van der Waals surface area contributed by atoms with Gasteiger partial charge in [-0.3, -0.25) is 0 Å². The summed E-state index contributed by atoms with van der Waals surface area (Å²) in [5, 5.41) is 3.56. The minimum Gasteiger partial charge on any atom is -0.231 e. The maximum absolute atomic E-state index is 6.55. The highest BCUT2D eigenvalue weighted by atomic mass is 17.2. The minimum atomic E-state index is -0.358. The maximum atomic E-state index is 6.55. The smallest absolute Gasteiger partial charge is 0.231 e. The lowest BCUT2D eigenvalue weighted by atomic mass is 10.1. The van der Waals surface area contributed by atoms with Crippen LogP contribution in [0.2, 0.25) is 0 Å². The molecule has 5 heteroatoms. The third kappa shape index (κ3) is 3.96. The Hall–Kier alpha value is -0.770. The van der Waals surface area contributed by atoms with Crippen LogP contribution in [0.25, 0.3) is 0 Å². The molecule has 14 heavy (non-hydrogen) atoms. The summed E-state index contributed by atoms with van der Waals surface area (Å²) in [6.45, 7) is 2.19. The summed E-state index contributed by atoms with van der Waals surface area (Å²) < 4.78 is 0. The van der Waals surface area contributed by atoms with Crippen LogP contribution in [0.15, 0.2) is 5.11 Å². The molecular weight excluding hydrogens is 182 g/mol. The van der Waals surface area contributed by atoms with E-state index in [1.807, 2.05) is 0 Å². The van der Waals surface area contributed by atoms with Gasteiger partial charge >= 0.3 is 0 Å². The summed E-state index contributed by atoms with van der Waals surface area (Å²) in [6.07, 6.45) is 6.49. The van der Waals surface area contributed by atoms with Gasteiger partial charge in [-0.05, 0) is 6.42 Å². The van der Waals surface area contributed by atoms with Crippen molar-refractivity contribution >= 4 is 0 Å². The van der Waals surface area contributed by atoms with E-state index in [1.54, 1.807) is 0 Å². The third-order valence-corrected chi connectivity index (χ3v) is 2.33. The van der Waals surface area contributed by atoms with E-state index in [9.17, 15) is 0 Å². The molecule has 1 saturated heterocycles. The van der Waals surface area contributed by atoms with Gasteiger partial charge in [-0.25, -0.2) is 9.78 Å². The van der Waals surface area contributed by atoms with Gasteiger partial charge in [0.2, 0.25) is 4.91 Å².